The Labute approximate surface area is 109 Å². The summed E-state index contributed by atoms with van der Waals surface area (Å²) in [5.41, 5.74) is 2.56. The molecule has 0 bridgehead atoms. The van der Waals surface area contributed by atoms with E-state index in [9.17, 15) is 4.79 Å². The maximum atomic E-state index is 11.5. The van der Waals surface area contributed by atoms with Crippen LogP contribution in [0.1, 0.15) is 11.1 Å². The van der Waals surface area contributed by atoms with Crippen LogP contribution in [0.3, 0.4) is 0 Å². The van der Waals surface area contributed by atoms with Gasteiger partial charge in [0.15, 0.2) is 0 Å². The van der Waals surface area contributed by atoms with Crippen molar-refractivity contribution in [2.45, 2.75) is 19.0 Å². The first-order valence-electron chi connectivity index (χ1n) is 6.07. The van der Waals surface area contributed by atoms with Crippen molar-refractivity contribution in [3.8, 4) is 0 Å². The van der Waals surface area contributed by atoms with E-state index in [0.29, 0.717) is 0 Å². The summed E-state index contributed by atoms with van der Waals surface area (Å²) in [5, 5.41) is 2.75. The van der Waals surface area contributed by atoms with Crippen molar-refractivity contribution >= 4 is 5.97 Å². The molecular weight excluding hydrogens is 228 g/mol. The van der Waals surface area contributed by atoms with E-state index in [1.54, 1.807) is 0 Å². The molecule has 18 heavy (non-hydrogen) atoms. The molecule has 0 aromatic heterocycles. The van der Waals surface area contributed by atoms with E-state index in [1.807, 2.05) is 38.2 Å². The molecule has 1 N–H and O–H groups in total. The van der Waals surface area contributed by atoms with Gasteiger partial charge < -0.3 is 10.1 Å². The fourth-order valence-corrected chi connectivity index (χ4v) is 2.05. The van der Waals surface area contributed by atoms with Crippen LogP contribution in [0, 0.1) is 0 Å². The van der Waals surface area contributed by atoms with E-state index < -0.39 is 0 Å². The highest BCUT2D eigenvalue weighted by Crippen LogP contribution is 2.22. The van der Waals surface area contributed by atoms with Gasteiger partial charge in [0.1, 0.15) is 6.04 Å². The summed E-state index contributed by atoms with van der Waals surface area (Å²) in [5.74, 6) is -0.146. The molecular formula is C14H22N2O2. The third-order valence-corrected chi connectivity index (χ3v) is 2.96. The van der Waals surface area contributed by atoms with E-state index >= 15 is 0 Å². The Morgan fingerprint density at radius 3 is 2.44 bits per heavy atom. The van der Waals surface area contributed by atoms with Crippen LogP contribution in [-0.2, 0) is 22.5 Å². The Kier molecular flexibility index (Phi) is 5.82. The van der Waals surface area contributed by atoms with Crippen molar-refractivity contribution in [3.05, 3.63) is 35.4 Å². The maximum absolute atomic E-state index is 11.5. The predicted molar refractivity (Wildman–Crippen MR) is 72.4 cm³/mol. The molecule has 100 valence electrons. The van der Waals surface area contributed by atoms with Gasteiger partial charge in [-0.1, -0.05) is 24.3 Å². The van der Waals surface area contributed by atoms with Crippen LogP contribution in [-0.4, -0.2) is 45.2 Å². The van der Waals surface area contributed by atoms with Crippen LogP contribution in [0.2, 0.25) is 0 Å². The minimum absolute atomic E-state index is 0.134. The molecule has 1 heterocycles. The van der Waals surface area contributed by atoms with Gasteiger partial charge in [0.2, 0.25) is 0 Å². The number of carbonyl (C=O) groups is 1. The van der Waals surface area contributed by atoms with Crippen LogP contribution in [0.4, 0.5) is 0 Å². The molecule has 4 heteroatoms. The highest BCUT2D eigenvalue weighted by atomic mass is 16.5. The normalized spacial score (nSPS) is 18.3. The fourth-order valence-electron chi connectivity index (χ4n) is 2.05. The Balaban J connectivity index is 0.000000492. The third-order valence-electron chi connectivity index (χ3n) is 2.96. The lowest BCUT2D eigenvalue weighted by molar-refractivity contribution is -0.147. The summed E-state index contributed by atoms with van der Waals surface area (Å²) in [6.07, 6.45) is 0.749. The van der Waals surface area contributed by atoms with Gasteiger partial charge in [-0.3, -0.25) is 9.69 Å². The minimum Gasteiger partial charge on any atom is -0.468 e. The van der Waals surface area contributed by atoms with Crippen LogP contribution in [0.25, 0.3) is 0 Å². The highest BCUT2D eigenvalue weighted by molar-refractivity contribution is 5.76. The van der Waals surface area contributed by atoms with Gasteiger partial charge in [-0.2, -0.15) is 0 Å². The van der Waals surface area contributed by atoms with Gasteiger partial charge in [0.25, 0.3) is 0 Å². The largest absolute Gasteiger partial charge is 0.468 e. The van der Waals surface area contributed by atoms with Gasteiger partial charge in [-0.05, 0) is 38.7 Å². The lowest BCUT2D eigenvalue weighted by atomic mass is 9.94. The lowest BCUT2D eigenvalue weighted by Gasteiger charge is -2.31. The zero-order valence-electron chi connectivity index (χ0n) is 11.6. The van der Waals surface area contributed by atoms with Gasteiger partial charge in [0, 0.05) is 6.54 Å². The molecule has 1 atom stereocenters. The second kappa shape index (κ2) is 7.13. The summed E-state index contributed by atoms with van der Waals surface area (Å²) in [6.45, 7) is 0.815. The number of nitrogens with zero attached hydrogens (tertiary/aromatic N) is 1. The Morgan fingerprint density at radius 2 is 1.89 bits per heavy atom. The van der Waals surface area contributed by atoms with E-state index in [1.165, 1.54) is 18.2 Å². The van der Waals surface area contributed by atoms with Crippen molar-refractivity contribution in [1.82, 2.24) is 10.2 Å². The number of hydrogen-bond acceptors (Lipinski definition) is 4. The molecule has 0 amide bonds. The van der Waals surface area contributed by atoms with E-state index in [-0.39, 0.29) is 12.0 Å². The number of rotatable bonds is 1. The predicted octanol–water partition coefficient (Wildman–Crippen LogP) is 1.05. The molecule has 1 aromatic carbocycles. The summed E-state index contributed by atoms with van der Waals surface area (Å²) in [4.78, 5) is 13.6. The number of likely N-dealkylation sites (N-methyl/N-ethyl adjacent to an activating group) is 1. The number of fused-ring (bicyclic) bond motifs is 1. The third kappa shape index (κ3) is 3.55. The van der Waals surface area contributed by atoms with Crippen molar-refractivity contribution in [2.75, 3.05) is 28.3 Å². The second-order valence-corrected chi connectivity index (χ2v) is 4.43. The minimum atomic E-state index is -0.146. The van der Waals surface area contributed by atoms with Crippen LogP contribution in [0.5, 0.6) is 0 Å². The number of esters is 1. The van der Waals surface area contributed by atoms with Crippen molar-refractivity contribution in [3.63, 3.8) is 0 Å². The number of ether oxygens (including phenoxy) is 1. The molecule has 0 fully saturated rings. The van der Waals surface area contributed by atoms with E-state index in [4.69, 9.17) is 4.74 Å². The molecule has 0 spiro atoms. The van der Waals surface area contributed by atoms with Gasteiger partial charge in [-0.15, -0.1) is 0 Å². The molecule has 2 rings (SSSR count). The molecule has 1 aromatic rings. The smallest absolute Gasteiger partial charge is 0.323 e. The van der Waals surface area contributed by atoms with E-state index in [2.05, 4.69) is 17.4 Å². The topological polar surface area (TPSA) is 41.6 Å². The summed E-state index contributed by atoms with van der Waals surface area (Å²) in [7, 11) is 7.15. The van der Waals surface area contributed by atoms with Crippen LogP contribution < -0.4 is 5.32 Å². The van der Waals surface area contributed by atoms with Crippen LogP contribution in [0.15, 0.2) is 24.3 Å². The monoisotopic (exact) mass is 250 g/mol. The second-order valence-electron chi connectivity index (χ2n) is 4.43. The first kappa shape index (κ1) is 14.7. The zero-order valence-corrected chi connectivity index (χ0v) is 11.6. The Bertz CT molecular complexity index is 393. The molecule has 1 unspecified atom stereocenters. The van der Waals surface area contributed by atoms with Crippen molar-refractivity contribution in [1.29, 1.82) is 0 Å². The molecule has 0 saturated heterocycles. The number of benzene rings is 1. The zero-order chi connectivity index (χ0) is 13.5. The standard InChI is InChI=1S/C12H15NO2.C2H7N/c1-13-8-10-6-4-3-5-9(10)7-11(13)12(14)15-2;1-3-2/h3-6,11H,7-8H2,1-2H3;3H,1-2H3. The summed E-state index contributed by atoms with van der Waals surface area (Å²) < 4.78 is 4.79. The molecule has 4 nitrogen and oxygen atoms in total. The Morgan fingerprint density at radius 1 is 1.33 bits per heavy atom. The number of methoxy groups -OCH3 is 1. The highest BCUT2D eigenvalue weighted by Gasteiger charge is 2.29. The quantitative estimate of drug-likeness (QED) is 0.757. The maximum Gasteiger partial charge on any atom is 0.323 e. The molecule has 0 aliphatic carbocycles. The van der Waals surface area contributed by atoms with Crippen LogP contribution >= 0.6 is 0 Å². The molecule has 1 aliphatic heterocycles. The SMILES string of the molecule is CNC.COC(=O)C1Cc2ccccc2CN1C. The van der Waals surface area contributed by atoms with E-state index in [0.717, 1.165) is 13.0 Å². The number of nitrogens with one attached hydrogen (secondary N) is 1. The van der Waals surface area contributed by atoms with Crippen molar-refractivity contribution in [2.24, 2.45) is 0 Å². The van der Waals surface area contributed by atoms with Gasteiger partial charge >= 0.3 is 5.97 Å². The number of carbonyl (C=O) groups excluding carboxylic acids is 1. The number of hydrogen-bond donors (Lipinski definition) is 1. The average molecular weight is 250 g/mol. The molecule has 0 saturated carbocycles. The first-order valence-corrected chi connectivity index (χ1v) is 6.07. The fraction of sp³-hybridized carbons (Fsp3) is 0.500. The average Bonchev–Trinajstić information content (AvgIpc) is 2.38. The molecule has 1 aliphatic rings. The Hall–Kier alpha value is -1.39. The molecule has 0 radical (unpaired) electrons. The lowest BCUT2D eigenvalue weighted by Crippen LogP contribution is -2.43. The summed E-state index contributed by atoms with van der Waals surface area (Å²) in [6, 6.07) is 8.10. The van der Waals surface area contributed by atoms with Gasteiger partial charge in [0.05, 0.1) is 7.11 Å². The first-order chi connectivity index (χ1) is 8.63. The summed E-state index contributed by atoms with van der Waals surface area (Å²) >= 11 is 0. The van der Waals surface area contributed by atoms with Crippen molar-refractivity contribution < 1.29 is 9.53 Å². The van der Waals surface area contributed by atoms with Gasteiger partial charge in [-0.25, -0.2) is 0 Å².